The van der Waals surface area contributed by atoms with E-state index in [0.29, 0.717) is 13.2 Å². The van der Waals surface area contributed by atoms with E-state index in [-0.39, 0.29) is 6.04 Å². The van der Waals surface area contributed by atoms with Crippen molar-refractivity contribution in [2.24, 2.45) is 5.73 Å². The summed E-state index contributed by atoms with van der Waals surface area (Å²) in [5.74, 6) is 0.902. The molecular weight excluding hydrogens is 226 g/mol. The molecule has 0 heterocycles. The highest BCUT2D eigenvalue weighted by atomic mass is 16.5. The van der Waals surface area contributed by atoms with Crippen molar-refractivity contribution >= 4 is 0 Å². The minimum Gasteiger partial charge on any atom is -0.491 e. The van der Waals surface area contributed by atoms with E-state index in [9.17, 15) is 0 Å². The normalized spacial score (nSPS) is 12.4. The van der Waals surface area contributed by atoms with Crippen LogP contribution in [0.1, 0.15) is 32.3 Å². The molecule has 0 aliphatic rings. The SMILES string of the molecule is CCCOCCOc1ccc(CCC(C)N)cc1. The topological polar surface area (TPSA) is 44.5 Å². The molecule has 1 unspecified atom stereocenters. The second-order valence-corrected chi connectivity index (χ2v) is 4.62. The molecule has 1 rings (SSSR count). The molecule has 2 N–H and O–H groups in total. The Morgan fingerprint density at radius 2 is 1.83 bits per heavy atom. The Balaban J connectivity index is 2.23. The van der Waals surface area contributed by atoms with Gasteiger partial charge >= 0.3 is 0 Å². The van der Waals surface area contributed by atoms with E-state index in [1.807, 2.05) is 19.1 Å². The average molecular weight is 251 g/mol. The molecule has 3 nitrogen and oxygen atoms in total. The van der Waals surface area contributed by atoms with Gasteiger partial charge in [-0.05, 0) is 43.9 Å². The van der Waals surface area contributed by atoms with E-state index in [1.54, 1.807) is 0 Å². The summed E-state index contributed by atoms with van der Waals surface area (Å²) < 4.78 is 10.9. The molecule has 0 spiro atoms. The lowest BCUT2D eigenvalue weighted by atomic mass is 10.1. The smallest absolute Gasteiger partial charge is 0.119 e. The molecule has 1 aromatic carbocycles. The van der Waals surface area contributed by atoms with Crippen LogP contribution < -0.4 is 10.5 Å². The van der Waals surface area contributed by atoms with Crippen molar-refractivity contribution < 1.29 is 9.47 Å². The fourth-order valence-corrected chi connectivity index (χ4v) is 1.61. The lowest BCUT2D eigenvalue weighted by Gasteiger charge is -2.08. The first-order valence-electron chi connectivity index (χ1n) is 6.77. The van der Waals surface area contributed by atoms with E-state index >= 15 is 0 Å². The second-order valence-electron chi connectivity index (χ2n) is 4.62. The van der Waals surface area contributed by atoms with Crippen LogP contribution in [0.4, 0.5) is 0 Å². The summed E-state index contributed by atoms with van der Waals surface area (Å²) in [6.45, 7) is 6.20. The van der Waals surface area contributed by atoms with Crippen molar-refractivity contribution in [1.29, 1.82) is 0 Å². The van der Waals surface area contributed by atoms with E-state index < -0.39 is 0 Å². The molecule has 0 saturated carbocycles. The third kappa shape index (κ3) is 6.62. The Morgan fingerprint density at radius 1 is 1.11 bits per heavy atom. The Kier molecular flexibility index (Phi) is 7.46. The first-order chi connectivity index (χ1) is 8.72. The molecule has 1 aromatic rings. The fourth-order valence-electron chi connectivity index (χ4n) is 1.61. The number of aryl methyl sites for hydroxylation is 1. The summed E-state index contributed by atoms with van der Waals surface area (Å²) in [5, 5.41) is 0. The Morgan fingerprint density at radius 3 is 2.44 bits per heavy atom. The van der Waals surface area contributed by atoms with Gasteiger partial charge in [-0.3, -0.25) is 0 Å². The number of hydrogen-bond donors (Lipinski definition) is 1. The summed E-state index contributed by atoms with van der Waals surface area (Å²) in [6.07, 6.45) is 3.09. The van der Waals surface area contributed by atoms with Gasteiger partial charge in [-0.1, -0.05) is 19.1 Å². The Bertz CT molecular complexity index is 309. The Labute approximate surface area is 110 Å². The molecule has 0 radical (unpaired) electrons. The van der Waals surface area contributed by atoms with Crippen LogP contribution in [0.5, 0.6) is 5.75 Å². The van der Waals surface area contributed by atoms with Crippen molar-refractivity contribution in [3.63, 3.8) is 0 Å². The van der Waals surface area contributed by atoms with Crippen LogP contribution >= 0.6 is 0 Å². The van der Waals surface area contributed by atoms with Crippen molar-refractivity contribution in [2.45, 2.75) is 39.2 Å². The molecule has 102 valence electrons. The third-order valence-electron chi connectivity index (χ3n) is 2.66. The fraction of sp³-hybridized carbons (Fsp3) is 0.600. The van der Waals surface area contributed by atoms with Gasteiger partial charge in [0.25, 0.3) is 0 Å². The lowest BCUT2D eigenvalue weighted by Crippen LogP contribution is -2.15. The van der Waals surface area contributed by atoms with Gasteiger partial charge in [-0.15, -0.1) is 0 Å². The molecule has 0 fully saturated rings. The maximum atomic E-state index is 5.74. The predicted octanol–water partition coefficient (Wildman–Crippen LogP) is 2.77. The largest absolute Gasteiger partial charge is 0.491 e. The summed E-state index contributed by atoms with van der Waals surface area (Å²) in [7, 11) is 0. The highest BCUT2D eigenvalue weighted by Gasteiger charge is 1.98. The second kappa shape index (κ2) is 8.95. The zero-order valence-electron chi connectivity index (χ0n) is 11.5. The zero-order chi connectivity index (χ0) is 13.2. The standard InChI is InChI=1S/C15H25NO2/c1-3-10-17-11-12-18-15-8-6-14(7-9-15)5-4-13(2)16/h6-9,13H,3-5,10-12,16H2,1-2H3. The third-order valence-corrected chi connectivity index (χ3v) is 2.66. The van der Waals surface area contributed by atoms with Crippen LogP contribution in [0.2, 0.25) is 0 Å². The van der Waals surface area contributed by atoms with E-state index in [0.717, 1.165) is 31.6 Å². The molecule has 1 atom stereocenters. The minimum atomic E-state index is 0.261. The first-order valence-corrected chi connectivity index (χ1v) is 6.77. The molecule has 0 aromatic heterocycles. The lowest BCUT2D eigenvalue weighted by molar-refractivity contribution is 0.101. The van der Waals surface area contributed by atoms with Gasteiger partial charge in [0.1, 0.15) is 12.4 Å². The maximum absolute atomic E-state index is 5.74. The summed E-state index contributed by atoms with van der Waals surface area (Å²) in [5.41, 5.74) is 7.04. The number of rotatable bonds is 9. The number of hydrogen-bond acceptors (Lipinski definition) is 3. The Hall–Kier alpha value is -1.06. The summed E-state index contributed by atoms with van der Waals surface area (Å²) >= 11 is 0. The van der Waals surface area contributed by atoms with Crippen LogP contribution in [0, 0.1) is 0 Å². The molecular formula is C15H25NO2. The molecule has 0 aliphatic carbocycles. The van der Waals surface area contributed by atoms with Crippen molar-refractivity contribution in [3.8, 4) is 5.75 Å². The van der Waals surface area contributed by atoms with E-state index in [4.69, 9.17) is 15.2 Å². The first kappa shape index (κ1) is 15.0. The van der Waals surface area contributed by atoms with E-state index in [2.05, 4.69) is 19.1 Å². The van der Waals surface area contributed by atoms with Crippen LogP contribution in [-0.2, 0) is 11.2 Å². The van der Waals surface area contributed by atoms with Gasteiger partial charge in [0.05, 0.1) is 6.61 Å². The van der Waals surface area contributed by atoms with Crippen molar-refractivity contribution in [2.75, 3.05) is 19.8 Å². The molecule has 0 amide bonds. The predicted molar refractivity (Wildman–Crippen MR) is 75.0 cm³/mol. The van der Waals surface area contributed by atoms with Crippen LogP contribution in [0.15, 0.2) is 24.3 Å². The molecule has 0 saturated heterocycles. The van der Waals surface area contributed by atoms with Gasteiger partial charge in [-0.2, -0.15) is 0 Å². The molecule has 0 bridgehead atoms. The van der Waals surface area contributed by atoms with Gasteiger partial charge in [0.2, 0.25) is 0 Å². The molecule has 0 aliphatic heterocycles. The molecule has 18 heavy (non-hydrogen) atoms. The van der Waals surface area contributed by atoms with Gasteiger partial charge < -0.3 is 15.2 Å². The van der Waals surface area contributed by atoms with Gasteiger partial charge in [0.15, 0.2) is 0 Å². The van der Waals surface area contributed by atoms with Crippen LogP contribution in [0.25, 0.3) is 0 Å². The number of benzene rings is 1. The number of nitrogens with two attached hydrogens (primary N) is 1. The van der Waals surface area contributed by atoms with Crippen molar-refractivity contribution in [3.05, 3.63) is 29.8 Å². The minimum absolute atomic E-state index is 0.261. The van der Waals surface area contributed by atoms with Crippen LogP contribution in [0.3, 0.4) is 0 Å². The quantitative estimate of drug-likeness (QED) is 0.686. The zero-order valence-corrected chi connectivity index (χ0v) is 11.5. The van der Waals surface area contributed by atoms with Gasteiger partial charge in [-0.25, -0.2) is 0 Å². The number of ether oxygens (including phenoxy) is 2. The molecule has 3 heteroatoms. The van der Waals surface area contributed by atoms with Crippen molar-refractivity contribution in [1.82, 2.24) is 0 Å². The average Bonchev–Trinajstić information content (AvgIpc) is 2.37. The van der Waals surface area contributed by atoms with Gasteiger partial charge in [0, 0.05) is 12.6 Å². The van der Waals surface area contributed by atoms with E-state index in [1.165, 1.54) is 5.56 Å². The highest BCUT2D eigenvalue weighted by molar-refractivity contribution is 5.27. The highest BCUT2D eigenvalue weighted by Crippen LogP contribution is 2.13. The summed E-state index contributed by atoms with van der Waals surface area (Å²) in [6, 6.07) is 8.48. The van der Waals surface area contributed by atoms with Crippen LogP contribution in [-0.4, -0.2) is 25.9 Å². The maximum Gasteiger partial charge on any atom is 0.119 e. The monoisotopic (exact) mass is 251 g/mol. The summed E-state index contributed by atoms with van der Waals surface area (Å²) in [4.78, 5) is 0.